The lowest BCUT2D eigenvalue weighted by atomic mass is 10.1. The Morgan fingerprint density at radius 3 is 2.57 bits per heavy atom. The van der Waals surface area contributed by atoms with Gasteiger partial charge in [0.05, 0.1) is 6.54 Å². The lowest BCUT2D eigenvalue weighted by Crippen LogP contribution is -2.31. The molecule has 0 aliphatic rings. The molecule has 0 saturated carbocycles. The second-order valence-corrected chi connectivity index (χ2v) is 7.56. The van der Waals surface area contributed by atoms with Crippen LogP contribution in [-0.2, 0) is 5.75 Å². The molecule has 0 bridgehead atoms. The highest BCUT2D eigenvalue weighted by Gasteiger charge is 2.23. The monoisotopic (exact) mass is 419 g/mol. The molecular formula is C23H21N3O3S. The molecule has 1 amide bonds. The number of hydrogen-bond donors (Lipinski definition) is 0. The molecule has 0 fully saturated rings. The number of thioether (sulfide) groups is 1. The molecule has 0 radical (unpaired) electrons. The second kappa shape index (κ2) is 9.45. The third-order valence-corrected chi connectivity index (χ3v) is 5.47. The molecule has 152 valence electrons. The SMILES string of the molecule is CN(CCOc1ccccc1)C(=O)c1oc2ccccc2c1CSc1ncccn1. The van der Waals surface area contributed by atoms with Crippen molar-refractivity contribution in [1.29, 1.82) is 0 Å². The molecule has 0 aliphatic heterocycles. The van der Waals surface area contributed by atoms with Crippen molar-refractivity contribution in [2.24, 2.45) is 0 Å². The van der Waals surface area contributed by atoms with Crippen molar-refractivity contribution in [2.75, 3.05) is 20.2 Å². The molecule has 4 rings (SSSR count). The Hall–Kier alpha value is -3.32. The zero-order valence-electron chi connectivity index (χ0n) is 16.5. The number of benzene rings is 2. The maximum Gasteiger partial charge on any atom is 0.289 e. The van der Waals surface area contributed by atoms with Crippen LogP contribution in [-0.4, -0.2) is 41.0 Å². The molecule has 4 aromatic rings. The van der Waals surface area contributed by atoms with Crippen LogP contribution in [0, 0.1) is 0 Å². The van der Waals surface area contributed by atoms with Crippen LogP contribution in [0.3, 0.4) is 0 Å². The van der Waals surface area contributed by atoms with E-state index in [1.165, 1.54) is 11.8 Å². The molecule has 2 aromatic heterocycles. The molecule has 0 saturated heterocycles. The summed E-state index contributed by atoms with van der Waals surface area (Å²) < 4.78 is 11.7. The topological polar surface area (TPSA) is 68.5 Å². The summed E-state index contributed by atoms with van der Waals surface area (Å²) in [6, 6.07) is 19.0. The number of nitrogens with zero attached hydrogens (tertiary/aromatic N) is 3. The van der Waals surface area contributed by atoms with E-state index in [0.717, 1.165) is 16.7 Å². The number of hydrogen-bond acceptors (Lipinski definition) is 6. The highest BCUT2D eigenvalue weighted by atomic mass is 32.2. The van der Waals surface area contributed by atoms with Crippen molar-refractivity contribution < 1.29 is 13.9 Å². The summed E-state index contributed by atoms with van der Waals surface area (Å²) in [5.74, 6) is 1.49. The quantitative estimate of drug-likeness (QED) is 0.305. The largest absolute Gasteiger partial charge is 0.492 e. The van der Waals surface area contributed by atoms with Gasteiger partial charge in [0, 0.05) is 36.1 Å². The van der Waals surface area contributed by atoms with Crippen LogP contribution in [0.2, 0.25) is 0 Å². The number of carbonyl (C=O) groups is 1. The van der Waals surface area contributed by atoms with Crippen LogP contribution in [0.25, 0.3) is 11.0 Å². The summed E-state index contributed by atoms with van der Waals surface area (Å²) in [5, 5.41) is 1.59. The average Bonchev–Trinajstić information content (AvgIpc) is 3.17. The first kappa shape index (κ1) is 20.0. The van der Waals surface area contributed by atoms with Crippen LogP contribution in [0.15, 0.2) is 82.6 Å². The number of ether oxygens (including phenoxy) is 1. The molecule has 0 spiro atoms. The van der Waals surface area contributed by atoms with Crippen molar-refractivity contribution in [1.82, 2.24) is 14.9 Å². The van der Waals surface area contributed by atoms with Crippen molar-refractivity contribution >= 4 is 28.6 Å². The van der Waals surface area contributed by atoms with Gasteiger partial charge in [-0.1, -0.05) is 48.2 Å². The zero-order chi connectivity index (χ0) is 20.8. The van der Waals surface area contributed by atoms with E-state index in [1.54, 1.807) is 30.4 Å². The molecule has 2 aromatic carbocycles. The predicted molar refractivity (Wildman–Crippen MR) is 117 cm³/mol. The van der Waals surface area contributed by atoms with Crippen LogP contribution in [0.1, 0.15) is 16.1 Å². The number of furan rings is 1. The van der Waals surface area contributed by atoms with E-state index < -0.39 is 0 Å². The van der Waals surface area contributed by atoms with Crippen LogP contribution in [0.5, 0.6) is 5.75 Å². The van der Waals surface area contributed by atoms with E-state index in [0.29, 0.717) is 35.4 Å². The second-order valence-electron chi connectivity index (χ2n) is 6.61. The first-order chi connectivity index (χ1) is 14.7. The van der Waals surface area contributed by atoms with Gasteiger partial charge in [0.2, 0.25) is 0 Å². The van der Waals surface area contributed by atoms with Crippen LogP contribution < -0.4 is 4.74 Å². The van der Waals surface area contributed by atoms with Gasteiger partial charge >= 0.3 is 0 Å². The first-order valence-corrected chi connectivity index (χ1v) is 10.5. The van der Waals surface area contributed by atoms with E-state index in [1.807, 2.05) is 54.6 Å². The van der Waals surface area contributed by atoms with Crippen LogP contribution >= 0.6 is 11.8 Å². The van der Waals surface area contributed by atoms with E-state index in [-0.39, 0.29) is 5.91 Å². The van der Waals surface area contributed by atoms with Gasteiger partial charge in [-0.2, -0.15) is 0 Å². The normalized spacial score (nSPS) is 10.8. The van der Waals surface area contributed by atoms with E-state index in [4.69, 9.17) is 9.15 Å². The average molecular weight is 420 g/mol. The van der Waals surface area contributed by atoms with Gasteiger partial charge in [0.15, 0.2) is 10.9 Å². The minimum Gasteiger partial charge on any atom is -0.492 e. The fraction of sp³-hybridized carbons (Fsp3) is 0.174. The molecule has 0 N–H and O–H groups in total. The molecule has 7 heteroatoms. The first-order valence-electron chi connectivity index (χ1n) is 9.56. The Labute approximate surface area is 178 Å². The number of aromatic nitrogens is 2. The number of amides is 1. The fourth-order valence-electron chi connectivity index (χ4n) is 3.00. The molecule has 0 unspecified atom stereocenters. The van der Waals surface area contributed by atoms with Crippen molar-refractivity contribution in [2.45, 2.75) is 10.9 Å². The zero-order valence-corrected chi connectivity index (χ0v) is 17.3. The van der Waals surface area contributed by atoms with Gasteiger partial charge in [-0.25, -0.2) is 9.97 Å². The Kier molecular flexibility index (Phi) is 6.29. The lowest BCUT2D eigenvalue weighted by Gasteiger charge is -2.17. The smallest absolute Gasteiger partial charge is 0.289 e. The summed E-state index contributed by atoms with van der Waals surface area (Å²) in [6.45, 7) is 0.841. The third-order valence-electron chi connectivity index (χ3n) is 4.57. The highest BCUT2D eigenvalue weighted by molar-refractivity contribution is 7.98. The number of rotatable bonds is 8. The highest BCUT2D eigenvalue weighted by Crippen LogP contribution is 2.31. The summed E-state index contributed by atoms with van der Waals surface area (Å²) in [4.78, 5) is 23.2. The Balaban J connectivity index is 1.49. The molecule has 30 heavy (non-hydrogen) atoms. The number of carbonyl (C=O) groups excluding carboxylic acids is 1. The summed E-state index contributed by atoms with van der Waals surface area (Å²) in [5.41, 5.74) is 1.54. The van der Waals surface area contributed by atoms with Crippen molar-refractivity contribution in [3.8, 4) is 5.75 Å². The van der Waals surface area contributed by atoms with E-state index in [2.05, 4.69) is 9.97 Å². The summed E-state index contributed by atoms with van der Waals surface area (Å²) >= 11 is 1.47. The minimum atomic E-state index is -0.174. The Bertz CT molecular complexity index is 1120. The number of para-hydroxylation sites is 2. The minimum absolute atomic E-state index is 0.174. The van der Waals surface area contributed by atoms with Gasteiger partial charge in [-0.3, -0.25) is 4.79 Å². The molecule has 6 nitrogen and oxygen atoms in total. The van der Waals surface area contributed by atoms with Gasteiger partial charge in [-0.05, 0) is 24.3 Å². The third kappa shape index (κ3) is 4.63. The maximum atomic E-state index is 13.1. The maximum absolute atomic E-state index is 13.1. The predicted octanol–water partition coefficient (Wildman–Crippen LogP) is 4.67. The standard InChI is InChI=1S/C23H21N3O3S/c1-26(14-15-28-17-8-3-2-4-9-17)22(27)21-19(16-30-23-24-12-7-13-25-23)18-10-5-6-11-20(18)29-21/h2-13H,14-16H2,1H3. The molecule has 0 aliphatic carbocycles. The molecule has 2 heterocycles. The number of fused-ring (bicyclic) bond motifs is 1. The Morgan fingerprint density at radius 2 is 1.77 bits per heavy atom. The van der Waals surface area contributed by atoms with Crippen molar-refractivity contribution in [3.05, 3.63) is 84.4 Å². The Morgan fingerprint density at radius 1 is 1.03 bits per heavy atom. The van der Waals surface area contributed by atoms with Gasteiger partial charge in [0.1, 0.15) is 17.9 Å². The van der Waals surface area contributed by atoms with Gasteiger partial charge in [-0.15, -0.1) is 0 Å². The van der Waals surface area contributed by atoms with E-state index in [9.17, 15) is 4.79 Å². The lowest BCUT2D eigenvalue weighted by molar-refractivity contribution is 0.0743. The van der Waals surface area contributed by atoms with Gasteiger partial charge < -0.3 is 14.1 Å². The number of likely N-dealkylation sites (N-methyl/N-ethyl adjacent to an activating group) is 1. The molecular weight excluding hydrogens is 398 g/mol. The van der Waals surface area contributed by atoms with Gasteiger partial charge in [0.25, 0.3) is 5.91 Å². The fourth-order valence-corrected chi connectivity index (χ4v) is 3.83. The van der Waals surface area contributed by atoms with Crippen molar-refractivity contribution in [3.63, 3.8) is 0 Å². The van der Waals surface area contributed by atoms with Crippen LogP contribution in [0.4, 0.5) is 0 Å². The summed E-state index contributed by atoms with van der Waals surface area (Å²) in [6.07, 6.45) is 3.41. The van der Waals surface area contributed by atoms with E-state index >= 15 is 0 Å². The summed E-state index contributed by atoms with van der Waals surface area (Å²) in [7, 11) is 1.75. The molecule has 0 atom stereocenters.